The van der Waals surface area contributed by atoms with Crippen molar-refractivity contribution in [1.29, 1.82) is 0 Å². The van der Waals surface area contributed by atoms with E-state index in [0.29, 0.717) is 0 Å². The van der Waals surface area contributed by atoms with Crippen molar-refractivity contribution in [2.75, 3.05) is 0 Å². The van der Waals surface area contributed by atoms with E-state index in [1.165, 1.54) is 0 Å². The van der Waals surface area contributed by atoms with Gasteiger partial charge in [-0.25, -0.2) is 0 Å². The molecule has 2 rings (SSSR count). The van der Waals surface area contributed by atoms with E-state index in [9.17, 15) is 0 Å². The maximum absolute atomic E-state index is 2.43. The number of rotatable bonds is 2. The van der Waals surface area contributed by atoms with E-state index >= 15 is 0 Å². The smallest absolute Gasteiger partial charge is 1.00 e. The van der Waals surface area contributed by atoms with Crippen LogP contribution in [0.15, 0.2) is 33.4 Å². The molecule has 2 aliphatic carbocycles. The fourth-order valence-electron chi connectivity index (χ4n) is 3.57. The van der Waals surface area contributed by atoms with Crippen LogP contribution in [0.2, 0.25) is 0 Å². The van der Waals surface area contributed by atoms with Crippen LogP contribution in [-0.4, -0.2) is 0 Å². The minimum absolute atomic E-state index is 0. The molecule has 0 unspecified atom stereocenters. The second-order valence-corrected chi connectivity index (χ2v) is 10.8. The monoisotopic (exact) mass is 424 g/mol. The molecular formula is C20H31Eu. The predicted molar refractivity (Wildman–Crippen MR) is 90.8 cm³/mol. The Hall–Kier alpha value is 0.544. The largest absolute Gasteiger partial charge is 1.00 e. The molecule has 0 aromatic rings. The van der Waals surface area contributed by atoms with Gasteiger partial charge in [-0.2, -0.15) is 0 Å². The Morgan fingerprint density at radius 1 is 0.571 bits per heavy atom. The molecule has 0 saturated carbocycles. The molecular weight excluding hydrogens is 392 g/mol. The van der Waals surface area contributed by atoms with Crippen LogP contribution in [0.25, 0.3) is 0 Å². The van der Waals surface area contributed by atoms with Gasteiger partial charge in [-0.3, -0.25) is 0 Å². The summed E-state index contributed by atoms with van der Waals surface area (Å²) in [6, 6.07) is 0. The third kappa shape index (κ3) is 2.56. The van der Waals surface area contributed by atoms with Crippen molar-refractivity contribution in [2.45, 2.75) is 69.2 Å². The zero-order valence-corrected chi connectivity index (χ0v) is 17.8. The molecule has 0 amide bonds. The van der Waals surface area contributed by atoms with Gasteiger partial charge in [-0.1, -0.05) is 0 Å². The first-order valence-electron chi connectivity index (χ1n) is 7.88. The van der Waals surface area contributed by atoms with E-state index in [2.05, 4.69) is 69.2 Å². The summed E-state index contributed by atoms with van der Waals surface area (Å²) < 4.78 is 3.56. The number of hydrogen-bond donors (Lipinski definition) is 0. The predicted octanol–water partition coefficient (Wildman–Crippen LogP) is 6.48. The maximum atomic E-state index is 2.43. The molecule has 0 aromatic carbocycles. The van der Waals surface area contributed by atoms with Crippen LogP contribution in [0.1, 0.15) is 70.7 Å². The first-order valence-corrected chi connectivity index (χ1v) is 10.3. The van der Waals surface area contributed by atoms with Gasteiger partial charge in [-0.15, -0.1) is 0 Å². The summed E-state index contributed by atoms with van der Waals surface area (Å²) in [5.74, 6) is 0. The van der Waals surface area contributed by atoms with Crippen molar-refractivity contribution >= 4 is 0 Å². The fraction of sp³-hybridized carbons (Fsp3) is 0.600. The van der Waals surface area contributed by atoms with Crippen molar-refractivity contribution in [1.82, 2.24) is 0 Å². The molecule has 0 radical (unpaired) electrons. The zero-order chi connectivity index (χ0) is 16.3. The van der Waals surface area contributed by atoms with Crippen LogP contribution in [0.4, 0.5) is 0 Å². The second kappa shape index (κ2) is 5.57. The van der Waals surface area contributed by atoms with E-state index in [1.807, 2.05) is 0 Å². The molecule has 21 heavy (non-hydrogen) atoms. The summed E-state index contributed by atoms with van der Waals surface area (Å²) in [7, 11) is 0. The maximum Gasteiger partial charge on any atom is -1.00 e. The van der Waals surface area contributed by atoms with Crippen LogP contribution >= 0.6 is 0 Å². The van der Waals surface area contributed by atoms with Crippen molar-refractivity contribution in [3.63, 3.8) is 0 Å². The zero-order valence-electron chi connectivity index (χ0n) is 16.4. The quantitative estimate of drug-likeness (QED) is 0.477. The number of hydrogen-bond acceptors (Lipinski definition) is 0. The summed E-state index contributed by atoms with van der Waals surface area (Å²) in [5, 5.41) is 0. The van der Waals surface area contributed by atoms with Gasteiger partial charge in [-0.05, 0) is 0 Å². The Bertz CT molecular complexity index is 581. The van der Waals surface area contributed by atoms with Crippen LogP contribution in [0.5, 0.6) is 0 Å². The van der Waals surface area contributed by atoms with Gasteiger partial charge in [0, 0.05) is 0 Å². The Kier molecular flexibility index (Phi) is 4.74. The van der Waals surface area contributed by atoms with Gasteiger partial charge in [0.15, 0.2) is 0 Å². The van der Waals surface area contributed by atoms with Gasteiger partial charge in [0.05, 0.1) is 0 Å². The molecule has 0 aliphatic heterocycles. The minimum Gasteiger partial charge on any atom is -1.00 e. The second-order valence-electron chi connectivity index (χ2n) is 7.72. The molecule has 2 aliphatic rings. The number of allylic oxidation sites excluding steroid dienone is 8. The third-order valence-corrected chi connectivity index (χ3v) is 12.1. The molecule has 0 fully saturated rings. The Labute approximate surface area is 157 Å². The molecule has 0 spiro atoms. The molecule has 0 saturated heterocycles. The average Bonchev–Trinajstić information content (AvgIpc) is 2.63. The van der Waals surface area contributed by atoms with Gasteiger partial charge < -0.3 is 1.43 Å². The van der Waals surface area contributed by atoms with E-state index in [1.54, 1.807) is 33.4 Å². The summed E-state index contributed by atoms with van der Waals surface area (Å²) in [6.45, 7) is 23.7. The van der Waals surface area contributed by atoms with E-state index in [4.69, 9.17) is 0 Å². The molecule has 1 heteroatoms. The van der Waals surface area contributed by atoms with E-state index in [-0.39, 0.29) is 12.3 Å². The van der Waals surface area contributed by atoms with Crippen LogP contribution in [0, 0.1) is 55.5 Å². The molecule has 0 aromatic heterocycles. The first kappa shape index (κ1) is 17.9. The molecule has 0 atom stereocenters. The first-order chi connectivity index (χ1) is 9.44. The Morgan fingerprint density at radius 2 is 0.857 bits per heavy atom. The fourth-order valence-corrected chi connectivity index (χ4v) is 8.42. The summed E-state index contributed by atoms with van der Waals surface area (Å²) >= 11 is -0.542. The van der Waals surface area contributed by atoms with Crippen LogP contribution in [-0.2, 0) is 0 Å². The van der Waals surface area contributed by atoms with Gasteiger partial charge >= 0.3 is 158 Å². The summed E-state index contributed by atoms with van der Waals surface area (Å²) in [4.78, 5) is 0. The van der Waals surface area contributed by atoms with Crippen molar-refractivity contribution in [2.24, 2.45) is 10.8 Å². The van der Waals surface area contributed by atoms with E-state index in [0.717, 1.165) is 0 Å². The molecule has 118 valence electrons. The van der Waals surface area contributed by atoms with Crippen molar-refractivity contribution in [3.05, 3.63) is 33.4 Å². The Morgan fingerprint density at radius 3 is 1.05 bits per heavy atom. The topological polar surface area (TPSA) is 0 Å². The molecule has 0 heterocycles. The van der Waals surface area contributed by atoms with Crippen LogP contribution < -0.4 is 0 Å². The van der Waals surface area contributed by atoms with Gasteiger partial charge in [0.2, 0.25) is 0 Å². The van der Waals surface area contributed by atoms with E-state index < -0.39 is 44.6 Å². The normalized spacial score (nSPS) is 24.9. The molecule has 0 nitrogen and oxygen atoms in total. The molecule has 0 bridgehead atoms. The third-order valence-electron chi connectivity index (χ3n) is 6.07. The van der Waals surface area contributed by atoms with Crippen molar-refractivity contribution < 1.29 is 46.1 Å². The minimum atomic E-state index is -0.542. The van der Waals surface area contributed by atoms with Gasteiger partial charge in [0.1, 0.15) is 0 Å². The average molecular weight is 423 g/mol. The summed E-state index contributed by atoms with van der Waals surface area (Å²) in [5.41, 5.74) is 10.00. The van der Waals surface area contributed by atoms with Gasteiger partial charge in [0.25, 0.3) is 0 Å². The SMILES string of the molecule is CC1=C(C)C(C)(C)[C]([Eu+][C]2=C(C)C(C)=C(C)C2(C)C)=C1C.[H-]. The van der Waals surface area contributed by atoms with Crippen LogP contribution in [0.3, 0.4) is 0 Å². The summed E-state index contributed by atoms with van der Waals surface area (Å²) in [6.07, 6.45) is 0. The van der Waals surface area contributed by atoms with Crippen molar-refractivity contribution in [3.8, 4) is 0 Å². The molecule has 0 N–H and O–H groups in total. The Balaban J connectivity index is 0.00000242. The standard InChI is InChI=1S/2C10H15.Eu.H/c2*1-7-6-10(4,5)9(3)8(7)2;;/h2*1-5H3;;/q;;+1;-1.